The van der Waals surface area contributed by atoms with Crippen LogP contribution in [0.4, 0.5) is 11.4 Å². The van der Waals surface area contributed by atoms with Crippen LogP contribution in [-0.2, 0) is 0 Å². The first kappa shape index (κ1) is 11.3. The predicted octanol–water partition coefficient (Wildman–Crippen LogP) is 1.91. The molecule has 4 nitrogen and oxygen atoms in total. The van der Waals surface area contributed by atoms with Gasteiger partial charge in [-0.05, 0) is 12.1 Å². The first-order valence-electron chi connectivity index (χ1n) is 5.41. The Balaban J connectivity index is 2.28. The molecule has 0 aromatic heterocycles. The van der Waals surface area contributed by atoms with Crippen LogP contribution in [-0.4, -0.2) is 19.9 Å². The fraction of sp³-hybridized carbons (Fsp3) is 0.154. The molecular weight excluding hydrogens is 212 g/mol. The van der Waals surface area contributed by atoms with Crippen molar-refractivity contribution in [3.8, 4) is 0 Å². The quantitative estimate of drug-likeness (QED) is 0.804. The second-order valence-electron chi connectivity index (χ2n) is 3.84. The third kappa shape index (κ3) is 2.15. The van der Waals surface area contributed by atoms with Crippen molar-refractivity contribution in [3.63, 3.8) is 0 Å². The van der Waals surface area contributed by atoms with Gasteiger partial charge in [0.05, 0.1) is 24.2 Å². The first-order valence-corrected chi connectivity index (χ1v) is 5.41. The minimum atomic E-state index is 0.625. The summed E-state index contributed by atoms with van der Waals surface area (Å²) in [5.41, 5.74) is 8.30. The Morgan fingerprint density at radius 2 is 2.12 bits per heavy atom. The lowest BCUT2D eigenvalue weighted by atomic mass is 10.2. The molecule has 0 unspecified atom stereocenters. The summed E-state index contributed by atoms with van der Waals surface area (Å²) in [4.78, 5) is 8.21. The fourth-order valence-electron chi connectivity index (χ4n) is 1.85. The van der Waals surface area contributed by atoms with Crippen molar-refractivity contribution in [2.75, 3.05) is 23.5 Å². The predicted molar refractivity (Wildman–Crippen MR) is 73.2 cm³/mol. The molecule has 1 aromatic carbocycles. The van der Waals surface area contributed by atoms with E-state index in [0.717, 1.165) is 12.4 Å². The highest BCUT2D eigenvalue weighted by atomic mass is 15.4. The van der Waals surface area contributed by atoms with E-state index < -0.39 is 0 Å². The maximum Gasteiger partial charge on any atom is 0.124 e. The molecule has 0 aliphatic carbocycles. The van der Waals surface area contributed by atoms with Crippen LogP contribution in [0.2, 0.25) is 0 Å². The summed E-state index contributed by atoms with van der Waals surface area (Å²) in [6.07, 6.45) is 4.87. The van der Waals surface area contributed by atoms with E-state index in [9.17, 15) is 0 Å². The molecule has 0 bridgehead atoms. The highest BCUT2D eigenvalue weighted by Crippen LogP contribution is 2.35. The zero-order valence-electron chi connectivity index (χ0n) is 9.87. The van der Waals surface area contributed by atoms with Crippen molar-refractivity contribution < 1.29 is 0 Å². The van der Waals surface area contributed by atoms with Gasteiger partial charge >= 0.3 is 0 Å². The molecule has 1 aromatic rings. The van der Waals surface area contributed by atoms with Crippen LogP contribution in [0, 0.1) is 0 Å². The maximum atomic E-state index is 6.01. The van der Waals surface area contributed by atoms with Crippen LogP contribution in [0.15, 0.2) is 53.9 Å². The summed E-state index contributed by atoms with van der Waals surface area (Å²) in [7, 11) is 2.04. The van der Waals surface area contributed by atoms with E-state index in [2.05, 4.69) is 28.6 Å². The second-order valence-corrected chi connectivity index (χ2v) is 3.84. The van der Waals surface area contributed by atoms with Crippen LogP contribution in [0.25, 0.3) is 0 Å². The average molecular weight is 228 g/mol. The average Bonchev–Trinajstić information content (AvgIpc) is 2.68. The van der Waals surface area contributed by atoms with E-state index in [1.807, 2.05) is 24.1 Å². The molecule has 0 saturated carbocycles. The second kappa shape index (κ2) is 4.74. The minimum Gasteiger partial charge on any atom is -0.384 e. The van der Waals surface area contributed by atoms with Gasteiger partial charge in [-0.3, -0.25) is 4.99 Å². The van der Waals surface area contributed by atoms with E-state index in [0.29, 0.717) is 5.82 Å². The maximum absolute atomic E-state index is 6.01. The number of nitrogens with two attached hydrogens (primary N) is 1. The number of anilines is 2. The topological polar surface area (TPSA) is 44.9 Å². The first-order chi connectivity index (χ1) is 8.24. The Morgan fingerprint density at radius 1 is 1.41 bits per heavy atom. The van der Waals surface area contributed by atoms with Gasteiger partial charge in [0.2, 0.25) is 0 Å². The lowest BCUT2D eigenvalue weighted by Crippen LogP contribution is -2.30. The van der Waals surface area contributed by atoms with Gasteiger partial charge < -0.3 is 15.5 Å². The third-order valence-corrected chi connectivity index (χ3v) is 2.65. The summed E-state index contributed by atoms with van der Waals surface area (Å²) in [5, 5.41) is 0. The molecule has 1 heterocycles. The molecule has 2 N–H and O–H groups in total. The van der Waals surface area contributed by atoms with Crippen LogP contribution >= 0.6 is 0 Å². The van der Waals surface area contributed by atoms with Crippen molar-refractivity contribution in [3.05, 3.63) is 48.9 Å². The minimum absolute atomic E-state index is 0.625. The molecule has 0 atom stereocenters. The number of benzene rings is 1. The summed E-state index contributed by atoms with van der Waals surface area (Å²) >= 11 is 0. The van der Waals surface area contributed by atoms with Crippen LogP contribution in [0.3, 0.4) is 0 Å². The van der Waals surface area contributed by atoms with Crippen molar-refractivity contribution in [2.45, 2.75) is 0 Å². The molecule has 17 heavy (non-hydrogen) atoms. The SMILES string of the molecule is C=C/C=N\C=C(/N)N1CN(C)c2ccccc21. The molecular formula is C13H16N4. The zero-order valence-corrected chi connectivity index (χ0v) is 9.87. The van der Waals surface area contributed by atoms with E-state index in [1.165, 1.54) is 5.69 Å². The molecule has 1 aliphatic rings. The lowest BCUT2D eigenvalue weighted by Gasteiger charge is -2.18. The zero-order chi connectivity index (χ0) is 12.3. The molecule has 0 fully saturated rings. The Hall–Kier alpha value is -2.23. The summed E-state index contributed by atoms with van der Waals surface area (Å²) in [5.74, 6) is 0.625. The molecule has 2 rings (SSSR count). The van der Waals surface area contributed by atoms with Crippen molar-refractivity contribution in [1.29, 1.82) is 0 Å². The van der Waals surface area contributed by atoms with Crippen molar-refractivity contribution in [1.82, 2.24) is 0 Å². The Labute approximate surface area is 101 Å². The van der Waals surface area contributed by atoms with E-state index in [-0.39, 0.29) is 0 Å². The Kier molecular flexibility index (Phi) is 3.14. The van der Waals surface area contributed by atoms with Gasteiger partial charge in [0.1, 0.15) is 5.82 Å². The van der Waals surface area contributed by atoms with Gasteiger partial charge in [-0.2, -0.15) is 0 Å². The molecule has 4 heteroatoms. The smallest absolute Gasteiger partial charge is 0.124 e. The molecule has 0 saturated heterocycles. The van der Waals surface area contributed by atoms with Gasteiger partial charge in [-0.1, -0.05) is 24.8 Å². The van der Waals surface area contributed by atoms with Crippen molar-refractivity contribution in [2.24, 2.45) is 10.7 Å². The number of allylic oxidation sites excluding steroid dienone is 1. The van der Waals surface area contributed by atoms with Gasteiger partial charge in [0.15, 0.2) is 0 Å². The summed E-state index contributed by atoms with van der Waals surface area (Å²) < 4.78 is 0. The van der Waals surface area contributed by atoms with E-state index >= 15 is 0 Å². The van der Waals surface area contributed by atoms with E-state index in [1.54, 1.807) is 18.5 Å². The number of hydrogen-bond donors (Lipinski definition) is 1. The fourth-order valence-corrected chi connectivity index (χ4v) is 1.85. The Bertz CT molecular complexity index is 476. The van der Waals surface area contributed by atoms with E-state index in [4.69, 9.17) is 5.73 Å². The monoisotopic (exact) mass is 228 g/mol. The molecule has 0 amide bonds. The number of aliphatic imine (C=N–C) groups is 1. The Morgan fingerprint density at radius 3 is 2.82 bits per heavy atom. The normalized spacial score (nSPS) is 15.5. The van der Waals surface area contributed by atoms with Crippen molar-refractivity contribution >= 4 is 17.6 Å². The van der Waals surface area contributed by atoms with Crippen LogP contribution in [0.1, 0.15) is 0 Å². The summed E-state index contributed by atoms with van der Waals surface area (Å²) in [6.45, 7) is 4.30. The number of hydrogen-bond acceptors (Lipinski definition) is 4. The van der Waals surface area contributed by atoms with Gasteiger partial charge in [0, 0.05) is 13.3 Å². The number of rotatable bonds is 3. The highest BCUT2D eigenvalue weighted by Gasteiger charge is 2.23. The largest absolute Gasteiger partial charge is 0.384 e. The van der Waals surface area contributed by atoms with Gasteiger partial charge in [-0.25, -0.2) is 0 Å². The third-order valence-electron chi connectivity index (χ3n) is 2.65. The number of fused-ring (bicyclic) bond motifs is 1. The van der Waals surface area contributed by atoms with Crippen LogP contribution in [0.5, 0.6) is 0 Å². The number of para-hydroxylation sites is 2. The highest BCUT2D eigenvalue weighted by molar-refractivity contribution is 5.78. The molecule has 0 spiro atoms. The number of nitrogens with zero attached hydrogens (tertiary/aromatic N) is 3. The molecule has 0 radical (unpaired) electrons. The molecule has 88 valence electrons. The summed E-state index contributed by atoms with van der Waals surface area (Å²) in [6, 6.07) is 8.16. The lowest BCUT2D eigenvalue weighted by molar-refractivity contribution is 0.895. The van der Waals surface area contributed by atoms with Gasteiger partial charge in [-0.15, -0.1) is 0 Å². The standard InChI is InChI=1S/C13H16N4/c1-3-8-15-9-13(14)17-10-16(2)11-6-4-5-7-12(11)17/h3-9H,1,10,14H2,2H3/b13-9+,15-8-. The molecule has 1 aliphatic heterocycles. The van der Waals surface area contributed by atoms with Crippen LogP contribution < -0.4 is 15.5 Å². The van der Waals surface area contributed by atoms with Gasteiger partial charge in [0.25, 0.3) is 0 Å².